The summed E-state index contributed by atoms with van der Waals surface area (Å²) in [5.74, 6) is 0.570. The first-order valence-corrected chi connectivity index (χ1v) is 7.61. The van der Waals surface area contributed by atoms with Gasteiger partial charge in [-0.15, -0.1) is 0 Å². The van der Waals surface area contributed by atoms with Crippen LogP contribution in [-0.2, 0) is 14.6 Å². The van der Waals surface area contributed by atoms with Gasteiger partial charge in [-0.1, -0.05) is 0 Å². The van der Waals surface area contributed by atoms with Crippen LogP contribution in [-0.4, -0.2) is 75.1 Å². The molecule has 2 aliphatic rings. The summed E-state index contributed by atoms with van der Waals surface area (Å²) in [7, 11) is -1.45. The van der Waals surface area contributed by atoms with Crippen molar-refractivity contribution in [2.45, 2.75) is 12.5 Å². The number of ether oxygens (including phenoxy) is 1. The molecule has 1 unspecified atom stereocenters. The molecule has 98 valence electrons. The summed E-state index contributed by atoms with van der Waals surface area (Å²) >= 11 is 0. The molecule has 6 nitrogen and oxygen atoms in total. The van der Waals surface area contributed by atoms with Crippen molar-refractivity contribution in [3.05, 3.63) is 0 Å². The number of nitrogens with zero attached hydrogens (tertiary/aromatic N) is 2. The summed E-state index contributed by atoms with van der Waals surface area (Å²) in [4.78, 5) is 15.1. The first-order valence-electron chi connectivity index (χ1n) is 5.79. The van der Waals surface area contributed by atoms with E-state index in [0.29, 0.717) is 18.8 Å². The second-order valence-corrected chi connectivity index (χ2v) is 6.78. The Balaban J connectivity index is 1.86. The molecule has 0 spiro atoms. The first-order chi connectivity index (χ1) is 8.02. The molecule has 2 aliphatic heterocycles. The van der Waals surface area contributed by atoms with Gasteiger partial charge in [0.05, 0.1) is 18.6 Å². The molecule has 0 bridgehead atoms. The van der Waals surface area contributed by atoms with Gasteiger partial charge in [0.15, 0.2) is 9.84 Å². The van der Waals surface area contributed by atoms with Crippen LogP contribution >= 0.6 is 0 Å². The van der Waals surface area contributed by atoms with Gasteiger partial charge in [0.25, 0.3) is 0 Å². The van der Waals surface area contributed by atoms with Crippen LogP contribution in [0.15, 0.2) is 0 Å². The number of piperazine rings is 1. The first kappa shape index (κ1) is 12.6. The number of carbonyl (C=O) groups is 1. The van der Waals surface area contributed by atoms with Gasteiger partial charge in [0.1, 0.15) is 0 Å². The van der Waals surface area contributed by atoms with Crippen LogP contribution in [0.2, 0.25) is 0 Å². The molecule has 17 heavy (non-hydrogen) atoms. The third-order valence-electron chi connectivity index (χ3n) is 3.47. The van der Waals surface area contributed by atoms with E-state index < -0.39 is 9.84 Å². The van der Waals surface area contributed by atoms with E-state index in [1.54, 1.807) is 4.90 Å². The zero-order valence-corrected chi connectivity index (χ0v) is 10.8. The average molecular weight is 262 g/mol. The highest BCUT2D eigenvalue weighted by atomic mass is 32.2. The molecule has 1 amide bonds. The van der Waals surface area contributed by atoms with E-state index in [9.17, 15) is 13.2 Å². The fraction of sp³-hybridized carbons (Fsp3) is 0.900. The number of sulfone groups is 1. The van der Waals surface area contributed by atoms with E-state index in [0.717, 1.165) is 19.5 Å². The second-order valence-electron chi connectivity index (χ2n) is 4.55. The van der Waals surface area contributed by atoms with Crippen LogP contribution in [0, 0.1) is 0 Å². The largest absolute Gasteiger partial charge is 0.453 e. The highest BCUT2D eigenvalue weighted by Crippen LogP contribution is 2.19. The average Bonchev–Trinajstić information content (AvgIpc) is 2.69. The van der Waals surface area contributed by atoms with Gasteiger partial charge in [-0.25, -0.2) is 13.2 Å². The van der Waals surface area contributed by atoms with Crippen LogP contribution in [0.4, 0.5) is 4.79 Å². The Bertz CT molecular complexity index is 387. The summed E-state index contributed by atoms with van der Waals surface area (Å²) in [6.07, 6.45) is 0.421. The molecule has 2 heterocycles. The van der Waals surface area contributed by atoms with Crippen LogP contribution in [0.5, 0.6) is 0 Å². The van der Waals surface area contributed by atoms with Crippen molar-refractivity contribution in [2.24, 2.45) is 0 Å². The van der Waals surface area contributed by atoms with E-state index in [2.05, 4.69) is 9.64 Å². The minimum absolute atomic E-state index is 0.139. The molecule has 0 aromatic heterocycles. The molecule has 2 saturated heterocycles. The highest BCUT2D eigenvalue weighted by molar-refractivity contribution is 7.91. The third kappa shape index (κ3) is 2.90. The van der Waals surface area contributed by atoms with Crippen LogP contribution < -0.4 is 0 Å². The molecule has 7 heteroatoms. The number of hydrogen-bond donors (Lipinski definition) is 0. The third-order valence-corrected chi connectivity index (χ3v) is 5.22. The molecule has 0 aromatic carbocycles. The van der Waals surface area contributed by atoms with E-state index >= 15 is 0 Å². The van der Waals surface area contributed by atoms with Gasteiger partial charge < -0.3 is 9.64 Å². The van der Waals surface area contributed by atoms with E-state index in [4.69, 9.17) is 0 Å². The monoisotopic (exact) mass is 262 g/mol. The van der Waals surface area contributed by atoms with Crippen LogP contribution in [0.3, 0.4) is 0 Å². The summed E-state index contributed by atoms with van der Waals surface area (Å²) in [6.45, 7) is 2.69. The van der Waals surface area contributed by atoms with E-state index in [1.807, 2.05) is 0 Å². The standard InChI is InChI=1S/C10H18N2O4S/c1-16-10(13)12-5-3-11(4-6-12)9-2-7-17(14,15)8-9/h9H,2-8H2,1H3. The summed E-state index contributed by atoms with van der Waals surface area (Å²) < 4.78 is 27.4. The minimum atomic E-state index is -2.83. The van der Waals surface area contributed by atoms with Gasteiger partial charge in [0, 0.05) is 32.2 Å². The van der Waals surface area contributed by atoms with Crippen LogP contribution in [0.25, 0.3) is 0 Å². The van der Waals surface area contributed by atoms with Crippen molar-refractivity contribution in [2.75, 3.05) is 44.8 Å². The molecule has 0 aliphatic carbocycles. The molecule has 0 saturated carbocycles. The summed E-state index contributed by atoms with van der Waals surface area (Å²) in [5, 5.41) is 0. The molecule has 2 rings (SSSR count). The maximum Gasteiger partial charge on any atom is 0.409 e. The minimum Gasteiger partial charge on any atom is -0.453 e. The number of methoxy groups -OCH3 is 1. The quantitative estimate of drug-likeness (QED) is 0.641. The Hall–Kier alpha value is -0.820. The smallest absolute Gasteiger partial charge is 0.409 e. The number of rotatable bonds is 1. The molecule has 0 aromatic rings. The molecule has 0 N–H and O–H groups in total. The van der Waals surface area contributed by atoms with E-state index in [1.165, 1.54) is 7.11 Å². The van der Waals surface area contributed by atoms with Crippen LogP contribution in [0.1, 0.15) is 6.42 Å². The topological polar surface area (TPSA) is 66.9 Å². The molecule has 0 radical (unpaired) electrons. The number of carbonyl (C=O) groups excluding carboxylic acids is 1. The summed E-state index contributed by atoms with van der Waals surface area (Å²) in [6, 6.07) is 0.139. The fourth-order valence-corrected chi connectivity index (χ4v) is 4.22. The maximum atomic E-state index is 11.4. The molecular weight excluding hydrogens is 244 g/mol. The van der Waals surface area contributed by atoms with Gasteiger partial charge >= 0.3 is 6.09 Å². The molecule has 1 atom stereocenters. The van der Waals surface area contributed by atoms with Crippen molar-refractivity contribution < 1.29 is 17.9 Å². The predicted molar refractivity (Wildman–Crippen MR) is 62.6 cm³/mol. The Morgan fingerprint density at radius 3 is 2.35 bits per heavy atom. The lowest BCUT2D eigenvalue weighted by Gasteiger charge is -2.36. The van der Waals surface area contributed by atoms with Gasteiger partial charge in [-0.05, 0) is 6.42 Å². The van der Waals surface area contributed by atoms with Gasteiger partial charge in [0.2, 0.25) is 0 Å². The van der Waals surface area contributed by atoms with Crippen molar-refractivity contribution in [3.63, 3.8) is 0 Å². The molecular formula is C10H18N2O4S. The van der Waals surface area contributed by atoms with Crippen molar-refractivity contribution in [3.8, 4) is 0 Å². The Labute approximate surface area is 101 Å². The fourth-order valence-electron chi connectivity index (χ4n) is 2.46. The normalized spacial score (nSPS) is 29.2. The number of amides is 1. The molecule has 2 fully saturated rings. The van der Waals surface area contributed by atoms with Crippen molar-refractivity contribution >= 4 is 15.9 Å². The second kappa shape index (κ2) is 4.81. The lowest BCUT2D eigenvalue weighted by molar-refractivity contribution is 0.0790. The van der Waals surface area contributed by atoms with Crippen molar-refractivity contribution in [1.29, 1.82) is 0 Å². The lowest BCUT2D eigenvalue weighted by Crippen LogP contribution is -2.52. The Morgan fingerprint density at radius 2 is 1.88 bits per heavy atom. The zero-order chi connectivity index (χ0) is 12.5. The highest BCUT2D eigenvalue weighted by Gasteiger charge is 2.34. The van der Waals surface area contributed by atoms with Gasteiger partial charge in [-0.3, -0.25) is 4.90 Å². The number of hydrogen-bond acceptors (Lipinski definition) is 5. The Morgan fingerprint density at radius 1 is 1.24 bits per heavy atom. The summed E-state index contributed by atoms with van der Waals surface area (Å²) in [5.41, 5.74) is 0. The SMILES string of the molecule is COC(=O)N1CCN(C2CCS(=O)(=O)C2)CC1. The van der Waals surface area contributed by atoms with Gasteiger partial charge in [-0.2, -0.15) is 0 Å². The predicted octanol–water partition coefficient (Wildman–Crippen LogP) is -0.442. The maximum absolute atomic E-state index is 11.4. The Kier molecular flexibility index (Phi) is 3.58. The lowest BCUT2D eigenvalue weighted by atomic mass is 10.2. The van der Waals surface area contributed by atoms with E-state index in [-0.39, 0.29) is 17.9 Å². The van der Waals surface area contributed by atoms with Crippen molar-refractivity contribution in [1.82, 2.24) is 9.80 Å². The zero-order valence-electron chi connectivity index (χ0n) is 9.96.